The number of ether oxygens (including phenoxy) is 1. The number of hydrogen-bond donors (Lipinski definition) is 1. The summed E-state index contributed by atoms with van der Waals surface area (Å²) in [5.74, 6) is -3.60. The predicted octanol–water partition coefficient (Wildman–Crippen LogP) is 2.69. The monoisotopic (exact) mass is 256 g/mol. The van der Waals surface area contributed by atoms with Crippen molar-refractivity contribution >= 4 is 0 Å². The molecule has 1 aliphatic rings. The number of rotatable bonds is 4. The molecule has 1 aliphatic heterocycles. The van der Waals surface area contributed by atoms with E-state index in [1.54, 1.807) is 12.1 Å². The zero-order chi connectivity index (χ0) is 13.4. The molecule has 0 aromatic heterocycles. The topological polar surface area (TPSA) is 29.5 Å². The van der Waals surface area contributed by atoms with Crippen molar-refractivity contribution in [1.82, 2.24) is 0 Å². The minimum absolute atomic E-state index is 0.00900. The number of aliphatic hydroxyl groups excluding tert-OH is 1. The predicted molar refractivity (Wildman–Crippen MR) is 64.8 cm³/mol. The lowest BCUT2D eigenvalue weighted by molar-refractivity contribution is -0.0849. The van der Waals surface area contributed by atoms with Gasteiger partial charge in [-0.2, -0.15) is 0 Å². The van der Waals surface area contributed by atoms with Crippen LogP contribution in [0.25, 0.3) is 0 Å². The summed E-state index contributed by atoms with van der Waals surface area (Å²) in [4.78, 5) is 0. The SMILES string of the molecule is CC(C)C(F)(F)c1cccc(C2(CO)COC2)c1. The molecule has 0 atom stereocenters. The van der Waals surface area contributed by atoms with E-state index in [2.05, 4.69) is 0 Å². The Labute approximate surface area is 106 Å². The first-order valence-corrected chi connectivity index (χ1v) is 6.10. The molecule has 0 unspecified atom stereocenters. The van der Waals surface area contributed by atoms with Gasteiger partial charge in [0.1, 0.15) is 0 Å². The van der Waals surface area contributed by atoms with E-state index in [0.29, 0.717) is 13.2 Å². The lowest BCUT2D eigenvalue weighted by Crippen LogP contribution is -2.49. The van der Waals surface area contributed by atoms with Gasteiger partial charge in [-0.05, 0) is 11.6 Å². The maximum absolute atomic E-state index is 14.0. The summed E-state index contributed by atoms with van der Waals surface area (Å²) in [5.41, 5.74) is 0.243. The van der Waals surface area contributed by atoms with Gasteiger partial charge in [0, 0.05) is 11.5 Å². The van der Waals surface area contributed by atoms with Crippen LogP contribution in [0.3, 0.4) is 0 Å². The molecule has 0 bridgehead atoms. The van der Waals surface area contributed by atoms with Crippen molar-refractivity contribution in [3.8, 4) is 0 Å². The van der Waals surface area contributed by atoms with Crippen LogP contribution >= 0.6 is 0 Å². The summed E-state index contributed by atoms with van der Waals surface area (Å²) in [6.07, 6.45) is 0. The Kier molecular flexibility index (Phi) is 3.43. The molecule has 1 aromatic carbocycles. The Morgan fingerprint density at radius 1 is 1.39 bits per heavy atom. The average Bonchev–Trinajstić information content (AvgIpc) is 2.28. The maximum Gasteiger partial charge on any atom is 0.275 e. The number of alkyl halides is 2. The largest absolute Gasteiger partial charge is 0.395 e. The quantitative estimate of drug-likeness (QED) is 0.897. The number of aliphatic hydroxyl groups is 1. The first-order chi connectivity index (χ1) is 8.42. The molecule has 2 rings (SSSR count). The van der Waals surface area contributed by atoms with Crippen molar-refractivity contribution in [3.63, 3.8) is 0 Å². The van der Waals surface area contributed by atoms with Gasteiger partial charge in [0.2, 0.25) is 0 Å². The lowest BCUT2D eigenvalue weighted by Gasteiger charge is -2.40. The molecular formula is C14H18F2O2. The Bertz CT molecular complexity index is 403. The van der Waals surface area contributed by atoms with E-state index in [-0.39, 0.29) is 12.2 Å². The van der Waals surface area contributed by atoms with Gasteiger partial charge >= 0.3 is 0 Å². The lowest BCUT2D eigenvalue weighted by atomic mass is 9.78. The third kappa shape index (κ3) is 2.04. The van der Waals surface area contributed by atoms with Crippen LogP contribution in [0.1, 0.15) is 25.0 Å². The summed E-state index contributed by atoms with van der Waals surface area (Å²) >= 11 is 0. The zero-order valence-electron chi connectivity index (χ0n) is 10.6. The van der Waals surface area contributed by atoms with Crippen LogP contribution in [-0.4, -0.2) is 24.9 Å². The summed E-state index contributed by atoms with van der Waals surface area (Å²) in [5, 5.41) is 9.43. The van der Waals surface area contributed by atoms with E-state index in [1.165, 1.54) is 26.0 Å². The Balaban J connectivity index is 2.36. The van der Waals surface area contributed by atoms with E-state index in [0.717, 1.165) is 5.56 Å². The smallest absolute Gasteiger partial charge is 0.275 e. The maximum atomic E-state index is 14.0. The van der Waals surface area contributed by atoms with Crippen LogP contribution in [0.2, 0.25) is 0 Å². The van der Waals surface area contributed by atoms with Crippen molar-refractivity contribution in [3.05, 3.63) is 35.4 Å². The van der Waals surface area contributed by atoms with Crippen LogP contribution in [-0.2, 0) is 16.1 Å². The molecule has 1 saturated heterocycles. The van der Waals surface area contributed by atoms with Crippen molar-refractivity contribution < 1.29 is 18.6 Å². The normalized spacial score (nSPS) is 18.8. The van der Waals surface area contributed by atoms with E-state index in [4.69, 9.17) is 4.74 Å². The molecule has 1 fully saturated rings. The second kappa shape index (κ2) is 4.59. The standard InChI is InChI=1S/C14H18F2O2/c1-10(2)14(15,16)12-5-3-4-11(6-12)13(7-17)8-18-9-13/h3-6,10,17H,7-9H2,1-2H3. The molecule has 0 spiro atoms. The van der Waals surface area contributed by atoms with E-state index in [1.807, 2.05) is 0 Å². The van der Waals surface area contributed by atoms with Gasteiger partial charge in [-0.25, -0.2) is 8.78 Å². The second-order valence-corrected chi connectivity index (χ2v) is 5.29. The molecule has 1 aromatic rings. The van der Waals surface area contributed by atoms with Gasteiger partial charge in [0.15, 0.2) is 0 Å². The Hall–Kier alpha value is -1.00. The number of halogens is 2. The van der Waals surface area contributed by atoms with Gasteiger partial charge in [-0.1, -0.05) is 32.0 Å². The van der Waals surface area contributed by atoms with Crippen molar-refractivity contribution in [2.45, 2.75) is 25.2 Å². The molecule has 0 aliphatic carbocycles. The van der Waals surface area contributed by atoms with Gasteiger partial charge in [0.05, 0.1) is 25.2 Å². The molecule has 100 valence electrons. The van der Waals surface area contributed by atoms with Crippen LogP contribution < -0.4 is 0 Å². The summed E-state index contributed by atoms with van der Waals surface area (Å²) in [7, 11) is 0. The van der Waals surface area contributed by atoms with Crippen molar-refractivity contribution in [2.24, 2.45) is 5.92 Å². The molecule has 18 heavy (non-hydrogen) atoms. The average molecular weight is 256 g/mol. The third-order valence-electron chi connectivity index (χ3n) is 3.64. The second-order valence-electron chi connectivity index (χ2n) is 5.29. The number of benzene rings is 1. The highest BCUT2D eigenvalue weighted by molar-refractivity contribution is 5.34. The molecule has 0 saturated carbocycles. The zero-order valence-corrected chi connectivity index (χ0v) is 10.6. The van der Waals surface area contributed by atoms with Gasteiger partial charge in [-0.3, -0.25) is 0 Å². The molecular weight excluding hydrogens is 238 g/mol. The fraction of sp³-hybridized carbons (Fsp3) is 0.571. The molecule has 0 radical (unpaired) electrons. The minimum atomic E-state index is -2.85. The molecule has 1 heterocycles. The van der Waals surface area contributed by atoms with Crippen LogP contribution in [0.4, 0.5) is 8.78 Å². The van der Waals surface area contributed by atoms with Gasteiger partial charge in [0.25, 0.3) is 5.92 Å². The van der Waals surface area contributed by atoms with E-state index in [9.17, 15) is 13.9 Å². The van der Waals surface area contributed by atoms with Crippen molar-refractivity contribution in [2.75, 3.05) is 19.8 Å². The Morgan fingerprint density at radius 3 is 2.50 bits per heavy atom. The summed E-state index contributed by atoms with van der Waals surface area (Å²) in [6, 6.07) is 6.34. The highest BCUT2D eigenvalue weighted by atomic mass is 19.3. The fourth-order valence-corrected chi connectivity index (χ4v) is 2.09. The number of hydrogen-bond acceptors (Lipinski definition) is 2. The summed E-state index contributed by atoms with van der Waals surface area (Å²) < 4.78 is 33.1. The van der Waals surface area contributed by atoms with E-state index >= 15 is 0 Å². The van der Waals surface area contributed by atoms with E-state index < -0.39 is 17.3 Å². The highest BCUT2D eigenvalue weighted by Crippen LogP contribution is 2.39. The molecule has 2 nitrogen and oxygen atoms in total. The van der Waals surface area contributed by atoms with Gasteiger partial charge < -0.3 is 9.84 Å². The highest BCUT2D eigenvalue weighted by Gasteiger charge is 2.42. The van der Waals surface area contributed by atoms with Crippen LogP contribution in [0.5, 0.6) is 0 Å². The van der Waals surface area contributed by atoms with Crippen LogP contribution in [0, 0.1) is 5.92 Å². The van der Waals surface area contributed by atoms with Crippen molar-refractivity contribution in [1.29, 1.82) is 0 Å². The first kappa shape index (κ1) is 13.4. The fourth-order valence-electron chi connectivity index (χ4n) is 2.09. The molecule has 4 heteroatoms. The third-order valence-corrected chi connectivity index (χ3v) is 3.64. The van der Waals surface area contributed by atoms with Crippen LogP contribution in [0.15, 0.2) is 24.3 Å². The summed E-state index contributed by atoms with van der Waals surface area (Å²) in [6.45, 7) is 3.70. The molecule has 0 amide bonds. The minimum Gasteiger partial charge on any atom is -0.395 e. The van der Waals surface area contributed by atoms with Gasteiger partial charge in [-0.15, -0.1) is 0 Å². The Morgan fingerprint density at radius 2 is 2.06 bits per heavy atom. The molecule has 1 N–H and O–H groups in total. The first-order valence-electron chi connectivity index (χ1n) is 6.10.